The first kappa shape index (κ1) is 17.4. The van der Waals surface area contributed by atoms with Gasteiger partial charge in [0.25, 0.3) is 0 Å². The molecule has 138 valence electrons. The number of carbonyl (C=O) groups is 1. The lowest BCUT2D eigenvalue weighted by atomic mass is 9.98. The first-order chi connectivity index (χ1) is 11.7. The van der Waals surface area contributed by atoms with E-state index < -0.39 is 22.5 Å². The van der Waals surface area contributed by atoms with E-state index in [4.69, 9.17) is 20.5 Å². The van der Waals surface area contributed by atoms with Crippen molar-refractivity contribution < 1.29 is 26.6 Å². The number of fused-ring (bicyclic) bond motifs is 2. The Labute approximate surface area is 143 Å². The van der Waals surface area contributed by atoms with Gasteiger partial charge in [-0.1, -0.05) is 5.16 Å². The summed E-state index contributed by atoms with van der Waals surface area (Å²) in [7, 11) is -4.76. The minimum Gasteiger partial charge on any atom is -0.370 e. The van der Waals surface area contributed by atoms with Gasteiger partial charge in [-0.05, 0) is 12.8 Å². The lowest BCUT2D eigenvalue weighted by molar-refractivity contribution is -0.0317. The van der Waals surface area contributed by atoms with Crippen LogP contribution in [0.4, 0.5) is 4.79 Å². The van der Waals surface area contributed by atoms with Gasteiger partial charge in [0.05, 0.1) is 12.1 Å². The van der Waals surface area contributed by atoms with Gasteiger partial charge in [-0.25, -0.2) is 4.79 Å². The second kappa shape index (κ2) is 6.50. The van der Waals surface area contributed by atoms with E-state index in [0.717, 1.165) is 0 Å². The van der Waals surface area contributed by atoms with Crippen molar-refractivity contribution in [3.8, 4) is 0 Å². The fraction of sp³-hybridized carbons (Fsp3) is 0.583. The number of hydrogen-bond donors (Lipinski definition) is 3. The van der Waals surface area contributed by atoms with Crippen LogP contribution in [0, 0.1) is 0 Å². The molecule has 2 bridgehead atoms. The summed E-state index contributed by atoms with van der Waals surface area (Å²) in [6.07, 6.45) is 1.51. The fourth-order valence-corrected chi connectivity index (χ4v) is 3.43. The molecule has 2 aliphatic heterocycles. The zero-order valence-electron chi connectivity index (χ0n) is 13.1. The maximum atomic E-state index is 12.3. The maximum Gasteiger partial charge on any atom is 0.418 e. The fourth-order valence-electron chi connectivity index (χ4n) is 3.04. The van der Waals surface area contributed by atoms with E-state index in [9.17, 15) is 13.2 Å². The van der Waals surface area contributed by atoms with Crippen LogP contribution in [0.2, 0.25) is 0 Å². The molecule has 0 radical (unpaired) electrons. The molecule has 2 aliphatic rings. The standard InChI is InChI=1S/C12H18N6O6S/c13-11(14)15-4-3-8-5-9(16-23-8)10-2-1-7-6-17(10)12(19)18(7)24-25(20,21)22/h5,7,10H,1-4,6H2,(H4,13,14,15)(H,20,21,22)/t7-,10+/m1/s1. The molecule has 1 aromatic rings. The summed E-state index contributed by atoms with van der Waals surface area (Å²) in [6, 6.07) is 0.265. The Morgan fingerprint density at radius 3 is 2.92 bits per heavy atom. The lowest BCUT2D eigenvalue weighted by Gasteiger charge is -2.28. The molecule has 0 spiro atoms. The minimum atomic E-state index is -4.76. The normalized spacial score (nSPS) is 23.2. The maximum absolute atomic E-state index is 12.3. The number of nitrogens with zero attached hydrogens (tertiary/aromatic N) is 4. The van der Waals surface area contributed by atoms with Crippen LogP contribution in [0.15, 0.2) is 15.6 Å². The second-order valence-corrected chi connectivity index (χ2v) is 6.79. The summed E-state index contributed by atoms with van der Waals surface area (Å²) in [5.74, 6) is 0.555. The third-order valence-electron chi connectivity index (χ3n) is 4.07. The number of piperidine rings is 1. The van der Waals surface area contributed by atoms with Crippen molar-refractivity contribution in [1.29, 1.82) is 0 Å². The second-order valence-electron chi connectivity index (χ2n) is 5.78. The van der Waals surface area contributed by atoms with Crippen LogP contribution < -0.4 is 11.5 Å². The third kappa shape index (κ3) is 3.83. The van der Waals surface area contributed by atoms with Crippen molar-refractivity contribution in [2.45, 2.75) is 31.3 Å². The Morgan fingerprint density at radius 2 is 2.24 bits per heavy atom. The average molecular weight is 374 g/mol. The molecular formula is C12H18N6O6S. The Kier molecular flexibility index (Phi) is 4.53. The topological polar surface area (TPSA) is 178 Å². The number of nitrogens with two attached hydrogens (primary N) is 2. The number of aliphatic imine (C=N–C) groups is 1. The predicted octanol–water partition coefficient (Wildman–Crippen LogP) is -0.834. The van der Waals surface area contributed by atoms with Gasteiger partial charge >= 0.3 is 16.4 Å². The van der Waals surface area contributed by atoms with Gasteiger partial charge in [-0.15, -0.1) is 4.28 Å². The van der Waals surface area contributed by atoms with E-state index in [2.05, 4.69) is 14.4 Å². The van der Waals surface area contributed by atoms with Gasteiger partial charge in [0, 0.05) is 25.6 Å². The van der Waals surface area contributed by atoms with Crippen molar-refractivity contribution in [2.75, 3.05) is 13.1 Å². The highest BCUT2D eigenvalue weighted by molar-refractivity contribution is 7.80. The summed E-state index contributed by atoms with van der Waals surface area (Å²) in [5.41, 5.74) is 11.1. The number of urea groups is 1. The van der Waals surface area contributed by atoms with Crippen LogP contribution in [0.1, 0.15) is 30.3 Å². The molecule has 0 aliphatic carbocycles. The van der Waals surface area contributed by atoms with Crippen LogP contribution in [0.25, 0.3) is 0 Å². The van der Waals surface area contributed by atoms with Gasteiger partial charge in [0.1, 0.15) is 11.5 Å². The van der Waals surface area contributed by atoms with Gasteiger partial charge in [-0.2, -0.15) is 13.5 Å². The van der Waals surface area contributed by atoms with Crippen LogP contribution in [0.5, 0.6) is 0 Å². The smallest absolute Gasteiger partial charge is 0.370 e. The monoisotopic (exact) mass is 374 g/mol. The van der Waals surface area contributed by atoms with E-state index in [-0.39, 0.29) is 18.5 Å². The largest absolute Gasteiger partial charge is 0.418 e. The lowest BCUT2D eigenvalue weighted by Crippen LogP contribution is -2.35. The number of guanidine groups is 1. The quantitative estimate of drug-likeness (QED) is 0.325. The molecule has 2 amide bonds. The zero-order chi connectivity index (χ0) is 18.2. The summed E-state index contributed by atoms with van der Waals surface area (Å²) in [4.78, 5) is 17.6. The van der Waals surface area contributed by atoms with Gasteiger partial charge in [-0.3, -0.25) is 9.55 Å². The molecule has 1 aromatic heterocycles. The van der Waals surface area contributed by atoms with E-state index in [1.54, 1.807) is 6.07 Å². The van der Waals surface area contributed by atoms with Crippen LogP contribution in [-0.4, -0.2) is 59.2 Å². The highest BCUT2D eigenvalue weighted by Gasteiger charge is 2.48. The molecule has 5 N–H and O–H groups in total. The molecule has 12 nitrogen and oxygen atoms in total. The van der Waals surface area contributed by atoms with E-state index in [1.165, 1.54) is 4.90 Å². The van der Waals surface area contributed by atoms with Crippen molar-refractivity contribution in [1.82, 2.24) is 15.1 Å². The van der Waals surface area contributed by atoms with Crippen molar-refractivity contribution in [3.63, 3.8) is 0 Å². The molecule has 13 heteroatoms. The summed E-state index contributed by atoms with van der Waals surface area (Å²) >= 11 is 0. The molecule has 0 saturated carbocycles. The number of carbonyl (C=O) groups excluding carboxylic acids is 1. The van der Waals surface area contributed by atoms with Crippen LogP contribution >= 0.6 is 0 Å². The Morgan fingerprint density at radius 1 is 1.48 bits per heavy atom. The molecule has 3 heterocycles. The molecule has 25 heavy (non-hydrogen) atoms. The van der Waals surface area contributed by atoms with Crippen molar-refractivity contribution in [2.24, 2.45) is 16.5 Å². The number of aromatic nitrogens is 1. The first-order valence-electron chi connectivity index (χ1n) is 7.52. The number of hydroxylamine groups is 2. The summed E-state index contributed by atoms with van der Waals surface area (Å²) in [5, 5.41) is 4.67. The molecular weight excluding hydrogens is 356 g/mol. The molecule has 2 atom stereocenters. The Hall–Kier alpha value is -2.38. The minimum absolute atomic E-state index is 0.0142. The molecule has 3 rings (SSSR count). The van der Waals surface area contributed by atoms with Gasteiger partial charge in [0.2, 0.25) is 0 Å². The average Bonchev–Trinajstić information content (AvgIpc) is 3.06. The first-order valence-corrected chi connectivity index (χ1v) is 8.89. The van der Waals surface area contributed by atoms with E-state index >= 15 is 0 Å². The zero-order valence-corrected chi connectivity index (χ0v) is 13.9. The summed E-state index contributed by atoms with van der Waals surface area (Å²) < 4.78 is 40.2. The molecule has 0 unspecified atom stereocenters. The molecule has 2 saturated heterocycles. The van der Waals surface area contributed by atoms with E-state index in [1.807, 2.05) is 0 Å². The molecule has 2 fully saturated rings. The van der Waals surface area contributed by atoms with E-state index in [0.29, 0.717) is 42.3 Å². The third-order valence-corrected chi connectivity index (χ3v) is 4.42. The van der Waals surface area contributed by atoms with Gasteiger partial charge < -0.3 is 20.9 Å². The van der Waals surface area contributed by atoms with Crippen molar-refractivity contribution in [3.05, 3.63) is 17.5 Å². The molecule has 0 aromatic carbocycles. The summed E-state index contributed by atoms with van der Waals surface area (Å²) in [6.45, 7) is 0.623. The van der Waals surface area contributed by atoms with Crippen LogP contribution in [-0.2, 0) is 21.1 Å². The van der Waals surface area contributed by atoms with Crippen molar-refractivity contribution >= 4 is 22.4 Å². The Bertz CT molecular complexity index is 788. The predicted molar refractivity (Wildman–Crippen MR) is 83.2 cm³/mol. The van der Waals surface area contributed by atoms with Crippen LogP contribution in [0.3, 0.4) is 0 Å². The van der Waals surface area contributed by atoms with Gasteiger partial charge in [0.15, 0.2) is 5.96 Å². The highest BCUT2D eigenvalue weighted by atomic mass is 32.3. The Balaban J connectivity index is 1.70. The number of rotatable bonds is 6. The SMILES string of the molecule is NC(N)=NCCc1cc([C@@H]2CC[C@@H]3CN2C(=O)N3OS(=O)(=O)O)no1. The number of amides is 2. The number of hydrogen-bond acceptors (Lipinski definition) is 7. The highest BCUT2D eigenvalue weighted by Crippen LogP contribution is 2.38.